The summed E-state index contributed by atoms with van der Waals surface area (Å²) in [5.74, 6) is -1.56. The van der Waals surface area contributed by atoms with E-state index in [-0.39, 0.29) is 28.9 Å². The molecular weight excluding hydrogens is 411 g/mol. The lowest BCUT2D eigenvalue weighted by atomic mass is 10.0. The highest BCUT2D eigenvalue weighted by molar-refractivity contribution is 8.00. The number of nitrogens with zero attached hydrogens (tertiary/aromatic N) is 3. The van der Waals surface area contributed by atoms with Gasteiger partial charge in [-0.25, -0.2) is 23.1 Å². The predicted octanol–water partition coefficient (Wildman–Crippen LogP) is 4.83. The fourth-order valence-electron chi connectivity index (χ4n) is 3.13. The average molecular weight is 431 g/mol. The second kappa shape index (κ2) is 9.36. The van der Waals surface area contributed by atoms with Gasteiger partial charge in [0.1, 0.15) is 22.3 Å². The summed E-state index contributed by atoms with van der Waals surface area (Å²) in [6.45, 7) is 2.81. The zero-order valence-electron chi connectivity index (χ0n) is 16.0. The lowest BCUT2D eigenvalue weighted by Gasteiger charge is -2.31. The minimum Gasteiger partial charge on any atom is -0.381 e. The maximum Gasteiger partial charge on any atom is 0.233 e. The van der Waals surface area contributed by atoms with E-state index in [0.29, 0.717) is 12.1 Å². The number of nitrogens with one attached hydrogen (secondary N) is 2. The van der Waals surface area contributed by atoms with Gasteiger partial charge in [-0.2, -0.15) is 0 Å². The molecule has 1 saturated heterocycles. The van der Waals surface area contributed by atoms with Gasteiger partial charge in [-0.1, -0.05) is 12.1 Å². The second-order valence-electron chi connectivity index (χ2n) is 6.91. The zero-order chi connectivity index (χ0) is 20.9. The first-order valence-electron chi connectivity index (χ1n) is 9.51. The molecule has 2 N–H and O–H groups in total. The number of rotatable bonds is 8. The van der Waals surface area contributed by atoms with E-state index in [4.69, 9.17) is 0 Å². The molecule has 4 rings (SSSR count). The van der Waals surface area contributed by atoms with Gasteiger partial charge in [0, 0.05) is 36.7 Å². The minimum absolute atomic E-state index is 0.136. The molecule has 1 aliphatic rings. The molecule has 0 unspecified atom stereocenters. The van der Waals surface area contributed by atoms with Gasteiger partial charge in [0.15, 0.2) is 0 Å². The fourth-order valence-corrected chi connectivity index (χ4v) is 3.74. The Morgan fingerprint density at radius 2 is 1.70 bits per heavy atom. The number of hydrogen-bond donors (Lipinski definition) is 2. The maximum atomic E-state index is 14.5. The van der Waals surface area contributed by atoms with Crippen LogP contribution in [0.1, 0.15) is 17.5 Å². The van der Waals surface area contributed by atoms with Crippen molar-refractivity contribution in [2.75, 3.05) is 23.1 Å². The Morgan fingerprint density at radius 3 is 2.37 bits per heavy atom. The van der Waals surface area contributed by atoms with Crippen LogP contribution in [-0.2, 0) is 13.1 Å². The summed E-state index contributed by atoms with van der Waals surface area (Å²) in [4.78, 5) is 9.92. The summed E-state index contributed by atoms with van der Waals surface area (Å²) in [5.41, 5.74) is 1.62. The molecule has 0 atom stereocenters. The van der Waals surface area contributed by atoms with E-state index in [1.165, 1.54) is 30.6 Å². The standard InChI is InChI=1S/C21H20F3N5S/c22-17-5-1-4-14(13-29-8-3-9-29)16(17)12-27-15-10-18(23)20(19(24)11-15)30-28-21-25-6-2-7-26-21/h1-2,4-7,10-11,27H,3,8-9,12-13H2,(H,25,26,28). The van der Waals surface area contributed by atoms with Crippen LogP contribution in [0.4, 0.5) is 24.8 Å². The normalized spacial score (nSPS) is 13.7. The summed E-state index contributed by atoms with van der Waals surface area (Å²) >= 11 is 0.752. The highest BCUT2D eigenvalue weighted by Gasteiger charge is 2.18. The van der Waals surface area contributed by atoms with E-state index in [1.54, 1.807) is 12.1 Å². The Balaban J connectivity index is 1.44. The molecule has 1 fully saturated rings. The maximum absolute atomic E-state index is 14.5. The van der Waals surface area contributed by atoms with Crippen molar-refractivity contribution in [1.82, 2.24) is 14.9 Å². The molecule has 2 heterocycles. The Hall–Kier alpha value is -2.78. The van der Waals surface area contributed by atoms with Crippen LogP contribution in [0.25, 0.3) is 0 Å². The van der Waals surface area contributed by atoms with E-state index >= 15 is 0 Å². The number of halogens is 3. The van der Waals surface area contributed by atoms with Gasteiger partial charge >= 0.3 is 0 Å². The topological polar surface area (TPSA) is 53.1 Å². The molecule has 0 bridgehead atoms. The first kappa shape index (κ1) is 20.5. The third kappa shape index (κ3) is 4.85. The van der Waals surface area contributed by atoms with Crippen molar-refractivity contribution < 1.29 is 13.2 Å². The Bertz CT molecular complexity index is 992. The van der Waals surface area contributed by atoms with Gasteiger partial charge in [0.2, 0.25) is 5.95 Å². The van der Waals surface area contributed by atoms with Gasteiger partial charge in [-0.3, -0.25) is 9.62 Å². The van der Waals surface area contributed by atoms with E-state index < -0.39 is 11.6 Å². The molecule has 9 heteroatoms. The van der Waals surface area contributed by atoms with Crippen LogP contribution >= 0.6 is 11.9 Å². The van der Waals surface area contributed by atoms with Gasteiger partial charge < -0.3 is 5.32 Å². The predicted molar refractivity (Wildman–Crippen MR) is 111 cm³/mol. The molecule has 5 nitrogen and oxygen atoms in total. The smallest absolute Gasteiger partial charge is 0.233 e. The molecule has 2 aromatic carbocycles. The lowest BCUT2D eigenvalue weighted by molar-refractivity contribution is 0.172. The Morgan fingerprint density at radius 1 is 0.967 bits per heavy atom. The van der Waals surface area contributed by atoms with Gasteiger partial charge in [-0.05, 0) is 61.3 Å². The Labute approximate surface area is 176 Å². The lowest BCUT2D eigenvalue weighted by Crippen LogP contribution is -2.36. The molecule has 156 valence electrons. The highest BCUT2D eigenvalue weighted by atomic mass is 32.2. The van der Waals surface area contributed by atoms with Gasteiger partial charge in [0.05, 0.1) is 0 Å². The first-order valence-corrected chi connectivity index (χ1v) is 10.3. The zero-order valence-corrected chi connectivity index (χ0v) is 16.9. The largest absolute Gasteiger partial charge is 0.381 e. The summed E-state index contributed by atoms with van der Waals surface area (Å²) < 4.78 is 46.0. The van der Waals surface area contributed by atoms with Crippen LogP contribution < -0.4 is 10.0 Å². The number of hydrogen-bond acceptors (Lipinski definition) is 6. The summed E-state index contributed by atoms with van der Waals surface area (Å²) in [6.07, 6.45) is 4.19. The number of aromatic nitrogens is 2. The van der Waals surface area contributed by atoms with Crippen molar-refractivity contribution >= 4 is 23.6 Å². The summed E-state index contributed by atoms with van der Waals surface area (Å²) in [5, 5.41) is 2.94. The number of anilines is 2. The SMILES string of the molecule is Fc1cccc(CN2CCC2)c1CNc1cc(F)c(SNc2ncccn2)c(F)c1. The first-order chi connectivity index (χ1) is 14.6. The molecule has 1 aliphatic heterocycles. The van der Waals surface area contributed by atoms with Crippen LogP contribution in [0.15, 0.2) is 53.7 Å². The minimum atomic E-state index is -0.736. The van der Waals surface area contributed by atoms with Crippen LogP contribution in [0.5, 0.6) is 0 Å². The quantitative estimate of drug-likeness (QED) is 0.498. The molecule has 0 amide bonds. The van der Waals surface area contributed by atoms with E-state index in [1.807, 2.05) is 6.07 Å². The highest BCUT2D eigenvalue weighted by Crippen LogP contribution is 2.29. The molecule has 0 aliphatic carbocycles. The molecule has 3 aromatic rings. The molecule has 1 aromatic heterocycles. The third-order valence-electron chi connectivity index (χ3n) is 4.84. The van der Waals surface area contributed by atoms with Crippen molar-refractivity contribution in [3.05, 3.63) is 77.4 Å². The third-order valence-corrected chi connectivity index (χ3v) is 5.71. The van der Waals surface area contributed by atoms with E-state index in [2.05, 4.69) is 24.9 Å². The number of likely N-dealkylation sites (tertiary alicyclic amines) is 1. The van der Waals surface area contributed by atoms with Crippen LogP contribution in [0, 0.1) is 17.5 Å². The molecular formula is C21H20F3N5S. The molecule has 0 radical (unpaired) electrons. The Kier molecular flexibility index (Phi) is 6.39. The van der Waals surface area contributed by atoms with Gasteiger partial charge in [-0.15, -0.1) is 0 Å². The van der Waals surface area contributed by atoms with E-state index in [0.717, 1.165) is 37.0 Å². The van der Waals surface area contributed by atoms with Crippen LogP contribution in [0.2, 0.25) is 0 Å². The van der Waals surface area contributed by atoms with Crippen molar-refractivity contribution in [1.29, 1.82) is 0 Å². The fraction of sp³-hybridized carbons (Fsp3) is 0.238. The van der Waals surface area contributed by atoms with Crippen molar-refractivity contribution in [3.63, 3.8) is 0 Å². The van der Waals surface area contributed by atoms with E-state index in [9.17, 15) is 13.2 Å². The van der Waals surface area contributed by atoms with Crippen molar-refractivity contribution in [2.45, 2.75) is 24.4 Å². The molecule has 30 heavy (non-hydrogen) atoms. The van der Waals surface area contributed by atoms with Crippen molar-refractivity contribution in [2.24, 2.45) is 0 Å². The van der Waals surface area contributed by atoms with Gasteiger partial charge in [0.25, 0.3) is 0 Å². The van der Waals surface area contributed by atoms with Crippen molar-refractivity contribution in [3.8, 4) is 0 Å². The summed E-state index contributed by atoms with van der Waals surface area (Å²) in [7, 11) is 0. The van der Waals surface area contributed by atoms with Crippen LogP contribution in [0.3, 0.4) is 0 Å². The monoisotopic (exact) mass is 431 g/mol. The molecule has 0 spiro atoms. The molecule has 0 saturated carbocycles. The average Bonchev–Trinajstić information content (AvgIpc) is 2.70. The van der Waals surface area contributed by atoms with Crippen LogP contribution in [-0.4, -0.2) is 28.0 Å². The summed E-state index contributed by atoms with van der Waals surface area (Å²) in [6, 6.07) is 8.99. The second-order valence-corrected chi connectivity index (χ2v) is 7.72. The number of benzene rings is 2.